The number of carbonyl (C=O) groups is 2. The minimum atomic E-state index is -0.968. The Morgan fingerprint density at radius 1 is 1.47 bits per heavy atom. The third-order valence-corrected chi connectivity index (χ3v) is 3.12. The Bertz CT molecular complexity index is 267. The second-order valence-electron chi connectivity index (χ2n) is 4.21. The van der Waals surface area contributed by atoms with E-state index in [1.165, 1.54) is 11.8 Å². The quantitative estimate of drug-likeness (QED) is 0.681. The minimum absolute atomic E-state index is 0.0811. The van der Waals surface area contributed by atoms with Crippen LogP contribution in [0.4, 0.5) is 0 Å². The monoisotopic (exact) mass is 214 g/mol. The zero-order valence-corrected chi connectivity index (χ0v) is 9.36. The Balaban J connectivity index is 2.63. The highest BCUT2D eigenvalue weighted by Gasteiger charge is 2.34. The van der Waals surface area contributed by atoms with Crippen LogP contribution in [0, 0.1) is 11.8 Å². The molecule has 1 aliphatic rings. The molecule has 0 aromatic rings. The van der Waals surface area contributed by atoms with E-state index in [1.807, 2.05) is 6.92 Å². The number of carbonyl (C=O) groups excluding carboxylic acids is 1. The maximum absolute atomic E-state index is 11.9. The lowest BCUT2D eigenvalue weighted by molar-refractivity contribution is -0.150. The van der Waals surface area contributed by atoms with Crippen LogP contribution in [0.2, 0.25) is 0 Å². The number of amides is 1. The molecule has 0 spiro atoms. The Morgan fingerprint density at radius 2 is 2.07 bits per heavy atom. The zero-order chi connectivity index (χ0) is 11.6. The standard InChI is InChI=1S/C10H18N2O3/c1-6-4-11-5-8(6)9(13)12(3)7(2)10(14)15/h6-8,11H,4-5H2,1-3H3,(H,14,15). The Kier molecular flexibility index (Phi) is 3.68. The van der Waals surface area contributed by atoms with Gasteiger partial charge in [0.05, 0.1) is 5.92 Å². The molecule has 0 aliphatic carbocycles. The molecule has 0 saturated carbocycles. The van der Waals surface area contributed by atoms with E-state index in [1.54, 1.807) is 7.05 Å². The number of nitrogens with zero attached hydrogens (tertiary/aromatic N) is 1. The largest absolute Gasteiger partial charge is 0.480 e. The van der Waals surface area contributed by atoms with E-state index in [9.17, 15) is 9.59 Å². The van der Waals surface area contributed by atoms with Gasteiger partial charge in [0.15, 0.2) is 0 Å². The second-order valence-corrected chi connectivity index (χ2v) is 4.21. The predicted octanol–water partition coefficient (Wildman–Crippen LogP) is -0.227. The molecule has 3 atom stereocenters. The fourth-order valence-electron chi connectivity index (χ4n) is 1.76. The van der Waals surface area contributed by atoms with Gasteiger partial charge < -0.3 is 15.3 Å². The molecule has 5 nitrogen and oxygen atoms in total. The molecule has 1 fully saturated rings. The number of likely N-dealkylation sites (N-methyl/N-ethyl adjacent to an activating group) is 1. The van der Waals surface area contributed by atoms with Crippen LogP contribution in [0.3, 0.4) is 0 Å². The topological polar surface area (TPSA) is 69.6 Å². The zero-order valence-electron chi connectivity index (χ0n) is 9.36. The van der Waals surface area contributed by atoms with Crippen molar-refractivity contribution in [3.63, 3.8) is 0 Å². The van der Waals surface area contributed by atoms with E-state index < -0.39 is 12.0 Å². The molecule has 1 aliphatic heterocycles. The number of rotatable bonds is 3. The Morgan fingerprint density at radius 3 is 2.47 bits per heavy atom. The van der Waals surface area contributed by atoms with Gasteiger partial charge in [0.25, 0.3) is 0 Å². The molecule has 1 amide bonds. The first-order chi connectivity index (χ1) is 6.95. The van der Waals surface area contributed by atoms with Gasteiger partial charge in [-0.2, -0.15) is 0 Å². The molecule has 1 rings (SSSR count). The van der Waals surface area contributed by atoms with Gasteiger partial charge in [0.1, 0.15) is 6.04 Å². The highest BCUT2D eigenvalue weighted by Crippen LogP contribution is 2.18. The minimum Gasteiger partial charge on any atom is -0.480 e. The summed E-state index contributed by atoms with van der Waals surface area (Å²) in [4.78, 5) is 24.0. The molecule has 5 heteroatoms. The SMILES string of the molecule is CC1CNCC1C(=O)N(C)C(C)C(=O)O. The number of nitrogens with one attached hydrogen (secondary N) is 1. The summed E-state index contributed by atoms with van der Waals surface area (Å²) in [6, 6.07) is -0.759. The molecule has 0 bridgehead atoms. The third kappa shape index (κ3) is 2.47. The lowest BCUT2D eigenvalue weighted by Crippen LogP contribution is -2.44. The Labute approximate surface area is 89.4 Å². The molecule has 3 unspecified atom stereocenters. The van der Waals surface area contributed by atoms with Crippen molar-refractivity contribution in [2.24, 2.45) is 11.8 Å². The number of carboxylic acid groups (broad SMARTS) is 1. The van der Waals surface area contributed by atoms with E-state index in [2.05, 4.69) is 5.32 Å². The third-order valence-electron chi connectivity index (χ3n) is 3.12. The van der Waals surface area contributed by atoms with Crippen LogP contribution in [-0.4, -0.2) is 48.1 Å². The Hall–Kier alpha value is -1.10. The van der Waals surface area contributed by atoms with Gasteiger partial charge in [-0.3, -0.25) is 4.79 Å². The van der Waals surface area contributed by atoms with Gasteiger partial charge in [0, 0.05) is 13.6 Å². The molecule has 1 heterocycles. The first-order valence-corrected chi connectivity index (χ1v) is 5.15. The van der Waals surface area contributed by atoms with Crippen molar-refractivity contribution in [1.82, 2.24) is 10.2 Å². The van der Waals surface area contributed by atoms with E-state index >= 15 is 0 Å². The summed E-state index contributed by atoms with van der Waals surface area (Å²) in [5, 5.41) is 11.9. The van der Waals surface area contributed by atoms with E-state index in [0.29, 0.717) is 6.54 Å². The average molecular weight is 214 g/mol. The highest BCUT2D eigenvalue weighted by molar-refractivity contribution is 5.85. The maximum Gasteiger partial charge on any atom is 0.326 e. The fraction of sp³-hybridized carbons (Fsp3) is 0.800. The molecule has 0 aromatic heterocycles. The lowest BCUT2D eigenvalue weighted by Gasteiger charge is -2.26. The number of carboxylic acids is 1. The van der Waals surface area contributed by atoms with Gasteiger partial charge in [-0.15, -0.1) is 0 Å². The van der Waals surface area contributed by atoms with Crippen LogP contribution in [0.25, 0.3) is 0 Å². The molecule has 15 heavy (non-hydrogen) atoms. The smallest absolute Gasteiger partial charge is 0.326 e. The second kappa shape index (κ2) is 4.61. The van der Waals surface area contributed by atoms with Crippen LogP contribution < -0.4 is 5.32 Å². The molecule has 1 saturated heterocycles. The van der Waals surface area contributed by atoms with Crippen LogP contribution in [-0.2, 0) is 9.59 Å². The van der Waals surface area contributed by atoms with Crippen LogP contribution in [0.15, 0.2) is 0 Å². The summed E-state index contributed by atoms with van der Waals surface area (Å²) < 4.78 is 0. The summed E-state index contributed by atoms with van der Waals surface area (Å²) in [6.45, 7) is 5.00. The highest BCUT2D eigenvalue weighted by atomic mass is 16.4. The van der Waals surface area contributed by atoms with E-state index in [0.717, 1.165) is 6.54 Å². The maximum atomic E-state index is 11.9. The van der Waals surface area contributed by atoms with E-state index in [4.69, 9.17) is 5.11 Å². The van der Waals surface area contributed by atoms with Crippen LogP contribution >= 0.6 is 0 Å². The van der Waals surface area contributed by atoms with Crippen molar-refractivity contribution in [1.29, 1.82) is 0 Å². The van der Waals surface area contributed by atoms with Gasteiger partial charge in [-0.1, -0.05) is 6.92 Å². The average Bonchev–Trinajstić information content (AvgIpc) is 2.60. The summed E-state index contributed by atoms with van der Waals surface area (Å²) >= 11 is 0. The number of hydrogen-bond donors (Lipinski definition) is 2. The van der Waals surface area contributed by atoms with Gasteiger partial charge in [-0.05, 0) is 19.4 Å². The molecule has 0 radical (unpaired) electrons. The molecule has 2 N–H and O–H groups in total. The molecule has 0 aromatic carbocycles. The summed E-state index contributed by atoms with van der Waals surface area (Å²) in [6.07, 6.45) is 0. The van der Waals surface area contributed by atoms with E-state index in [-0.39, 0.29) is 17.7 Å². The molecule has 86 valence electrons. The molecular formula is C10H18N2O3. The first-order valence-electron chi connectivity index (χ1n) is 5.15. The lowest BCUT2D eigenvalue weighted by atomic mass is 9.96. The normalized spacial score (nSPS) is 27.4. The summed E-state index contributed by atoms with van der Waals surface area (Å²) in [5.41, 5.74) is 0. The van der Waals surface area contributed by atoms with Crippen LogP contribution in [0.5, 0.6) is 0 Å². The van der Waals surface area contributed by atoms with Gasteiger partial charge in [0.2, 0.25) is 5.91 Å². The summed E-state index contributed by atoms with van der Waals surface area (Å²) in [5.74, 6) is -0.857. The van der Waals surface area contributed by atoms with Crippen LogP contribution in [0.1, 0.15) is 13.8 Å². The number of hydrogen-bond acceptors (Lipinski definition) is 3. The van der Waals surface area contributed by atoms with Crippen molar-refractivity contribution in [2.45, 2.75) is 19.9 Å². The predicted molar refractivity (Wildman–Crippen MR) is 55.4 cm³/mol. The van der Waals surface area contributed by atoms with Crippen molar-refractivity contribution < 1.29 is 14.7 Å². The van der Waals surface area contributed by atoms with Crippen molar-refractivity contribution >= 4 is 11.9 Å². The molecular weight excluding hydrogens is 196 g/mol. The first kappa shape index (κ1) is 12.0. The van der Waals surface area contributed by atoms with Gasteiger partial charge >= 0.3 is 5.97 Å². The number of aliphatic carboxylic acids is 1. The van der Waals surface area contributed by atoms with Gasteiger partial charge in [-0.25, -0.2) is 4.79 Å². The summed E-state index contributed by atoms with van der Waals surface area (Å²) in [7, 11) is 1.55. The van der Waals surface area contributed by atoms with Crippen molar-refractivity contribution in [2.75, 3.05) is 20.1 Å². The fourth-order valence-corrected chi connectivity index (χ4v) is 1.76. The van der Waals surface area contributed by atoms with Crippen molar-refractivity contribution in [3.8, 4) is 0 Å². The van der Waals surface area contributed by atoms with Crippen molar-refractivity contribution in [3.05, 3.63) is 0 Å².